The summed E-state index contributed by atoms with van der Waals surface area (Å²) in [6.07, 6.45) is 63.4. The molecule has 6 nitrogen and oxygen atoms in total. The van der Waals surface area contributed by atoms with Crippen LogP contribution in [0.25, 0.3) is 0 Å². The van der Waals surface area contributed by atoms with Gasteiger partial charge in [-0.2, -0.15) is 0 Å². The number of ether oxygens (including phenoxy) is 3. The van der Waals surface area contributed by atoms with Crippen LogP contribution in [0.4, 0.5) is 0 Å². The van der Waals surface area contributed by atoms with Crippen molar-refractivity contribution in [3.8, 4) is 0 Å². The minimum atomic E-state index is -0.790. The van der Waals surface area contributed by atoms with Gasteiger partial charge in [0, 0.05) is 19.3 Å². The monoisotopic (exact) mass is 881 g/mol. The van der Waals surface area contributed by atoms with Crippen molar-refractivity contribution in [3.05, 3.63) is 60.8 Å². The predicted octanol–water partition coefficient (Wildman–Crippen LogP) is 17.6. The molecule has 1 atom stereocenters. The van der Waals surface area contributed by atoms with E-state index in [-0.39, 0.29) is 31.1 Å². The van der Waals surface area contributed by atoms with E-state index in [1.54, 1.807) is 0 Å². The summed E-state index contributed by atoms with van der Waals surface area (Å²) in [5, 5.41) is 0. The normalized spacial score (nSPS) is 12.5. The molecule has 0 aromatic carbocycles. The minimum absolute atomic E-state index is 0.0886. The molecule has 0 aromatic rings. The Morgan fingerprint density at radius 1 is 0.317 bits per heavy atom. The molecular formula is C57H100O6. The maximum absolute atomic E-state index is 12.8. The van der Waals surface area contributed by atoms with Crippen LogP contribution in [0.1, 0.15) is 265 Å². The topological polar surface area (TPSA) is 78.9 Å². The Bertz CT molecular complexity index is 1150. The number of rotatable bonds is 48. The zero-order valence-corrected chi connectivity index (χ0v) is 41.6. The van der Waals surface area contributed by atoms with Gasteiger partial charge in [0.2, 0.25) is 0 Å². The molecule has 0 spiro atoms. The second-order valence-electron chi connectivity index (χ2n) is 17.8. The number of unbranched alkanes of at least 4 members (excludes halogenated alkanes) is 27. The molecule has 0 saturated carbocycles. The summed E-state index contributed by atoms with van der Waals surface area (Å²) in [7, 11) is 0. The van der Waals surface area contributed by atoms with Gasteiger partial charge in [0.25, 0.3) is 0 Å². The maximum atomic E-state index is 12.8. The summed E-state index contributed by atoms with van der Waals surface area (Å²) in [6, 6.07) is 0. The standard InChI is InChI=1S/C57H100O6/c1-4-7-10-13-16-19-22-25-27-29-32-35-38-41-44-47-50-56(59)62-53-54(52-61-55(58)49-46-43-40-37-34-31-24-21-18-15-12-9-6-3)63-57(60)51-48-45-42-39-36-33-30-28-26-23-20-17-14-11-8-5-2/h19-24,27-30,54H,4-18,25-26,31-53H2,1-3H3/b22-19-,23-20-,24-21-,29-27-,30-28-. The second kappa shape index (κ2) is 51.7. The molecule has 0 rings (SSSR count). The fourth-order valence-electron chi connectivity index (χ4n) is 7.38. The van der Waals surface area contributed by atoms with Crippen LogP contribution in [0.5, 0.6) is 0 Å². The summed E-state index contributed by atoms with van der Waals surface area (Å²) < 4.78 is 16.8. The molecule has 0 saturated heterocycles. The number of hydrogen-bond acceptors (Lipinski definition) is 6. The van der Waals surface area contributed by atoms with E-state index in [0.717, 1.165) is 109 Å². The summed E-state index contributed by atoms with van der Waals surface area (Å²) >= 11 is 0. The molecule has 0 fully saturated rings. The van der Waals surface area contributed by atoms with Crippen molar-refractivity contribution in [1.82, 2.24) is 0 Å². The van der Waals surface area contributed by atoms with Crippen molar-refractivity contribution in [3.63, 3.8) is 0 Å². The largest absolute Gasteiger partial charge is 0.462 e. The van der Waals surface area contributed by atoms with Crippen LogP contribution in [-0.2, 0) is 28.6 Å². The highest BCUT2D eigenvalue weighted by molar-refractivity contribution is 5.71. The lowest BCUT2D eigenvalue weighted by molar-refractivity contribution is -0.167. The fraction of sp³-hybridized carbons (Fsp3) is 0.772. The Balaban J connectivity index is 4.44. The minimum Gasteiger partial charge on any atom is -0.462 e. The SMILES string of the molecule is CCCCCC/C=C\C/C=C\CCCCCCCC(=O)OCC(COC(=O)CCCCCCC/C=C\CCCCCC)OC(=O)CCCCCCC/C=C\C/C=C\CCCCCC. The van der Waals surface area contributed by atoms with Gasteiger partial charge in [0.05, 0.1) is 0 Å². The van der Waals surface area contributed by atoms with Gasteiger partial charge < -0.3 is 14.2 Å². The Labute approximate surface area is 390 Å². The van der Waals surface area contributed by atoms with E-state index >= 15 is 0 Å². The van der Waals surface area contributed by atoms with Gasteiger partial charge in [-0.05, 0) is 109 Å². The van der Waals surface area contributed by atoms with Crippen molar-refractivity contribution >= 4 is 17.9 Å². The molecule has 364 valence electrons. The van der Waals surface area contributed by atoms with E-state index in [2.05, 4.69) is 81.5 Å². The number of hydrogen-bond donors (Lipinski definition) is 0. The van der Waals surface area contributed by atoms with E-state index < -0.39 is 6.10 Å². The van der Waals surface area contributed by atoms with Gasteiger partial charge in [-0.3, -0.25) is 14.4 Å². The number of carbonyl (C=O) groups is 3. The van der Waals surface area contributed by atoms with Gasteiger partial charge in [-0.1, -0.05) is 197 Å². The molecule has 0 bridgehead atoms. The van der Waals surface area contributed by atoms with Crippen LogP contribution in [0.15, 0.2) is 60.8 Å². The second-order valence-corrected chi connectivity index (χ2v) is 17.8. The summed E-state index contributed by atoms with van der Waals surface area (Å²) in [4.78, 5) is 38.0. The zero-order chi connectivity index (χ0) is 45.8. The Hall–Kier alpha value is -2.89. The maximum Gasteiger partial charge on any atom is 0.306 e. The van der Waals surface area contributed by atoms with Crippen molar-refractivity contribution in [2.45, 2.75) is 271 Å². The van der Waals surface area contributed by atoms with E-state index in [4.69, 9.17) is 14.2 Å². The quantitative estimate of drug-likeness (QED) is 0.0262. The summed E-state index contributed by atoms with van der Waals surface area (Å²) in [6.45, 7) is 6.57. The van der Waals surface area contributed by atoms with Crippen molar-refractivity contribution in [2.24, 2.45) is 0 Å². The third-order valence-corrected chi connectivity index (χ3v) is 11.5. The van der Waals surface area contributed by atoms with Gasteiger partial charge in [-0.25, -0.2) is 0 Å². The molecule has 0 radical (unpaired) electrons. The summed E-state index contributed by atoms with van der Waals surface area (Å²) in [5.74, 6) is -0.919. The average molecular weight is 881 g/mol. The predicted molar refractivity (Wildman–Crippen MR) is 270 cm³/mol. The average Bonchev–Trinajstić information content (AvgIpc) is 3.28. The number of carbonyl (C=O) groups excluding carboxylic acids is 3. The van der Waals surface area contributed by atoms with E-state index in [0.29, 0.717) is 19.3 Å². The molecule has 6 heteroatoms. The fourth-order valence-corrected chi connectivity index (χ4v) is 7.38. The Morgan fingerprint density at radius 3 is 0.889 bits per heavy atom. The first-order chi connectivity index (χ1) is 31.0. The smallest absolute Gasteiger partial charge is 0.306 e. The third kappa shape index (κ3) is 50.0. The van der Waals surface area contributed by atoms with E-state index in [1.807, 2.05) is 0 Å². The molecule has 0 aliphatic heterocycles. The molecule has 0 aromatic heterocycles. The summed E-state index contributed by atoms with van der Waals surface area (Å²) in [5.41, 5.74) is 0. The van der Waals surface area contributed by atoms with E-state index in [9.17, 15) is 14.4 Å². The molecule has 0 heterocycles. The first-order valence-electron chi connectivity index (χ1n) is 26.8. The van der Waals surface area contributed by atoms with Crippen LogP contribution >= 0.6 is 0 Å². The van der Waals surface area contributed by atoms with E-state index in [1.165, 1.54) is 116 Å². The molecular weight excluding hydrogens is 781 g/mol. The van der Waals surface area contributed by atoms with Crippen molar-refractivity contribution in [1.29, 1.82) is 0 Å². The lowest BCUT2D eigenvalue weighted by Gasteiger charge is -2.18. The first kappa shape index (κ1) is 60.1. The van der Waals surface area contributed by atoms with Crippen LogP contribution in [0, 0.1) is 0 Å². The number of esters is 3. The van der Waals surface area contributed by atoms with Gasteiger partial charge in [-0.15, -0.1) is 0 Å². The first-order valence-corrected chi connectivity index (χ1v) is 26.8. The molecule has 0 aliphatic rings. The number of allylic oxidation sites excluding steroid dienone is 10. The van der Waals surface area contributed by atoms with Crippen LogP contribution in [0.2, 0.25) is 0 Å². The lowest BCUT2D eigenvalue weighted by Crippen LogP contribution is -2.30. The molecule has 63 heavy (non-hydrogen) atoms. The zero-order valence-electron chi connectivity index (χ0n) is 41.6. The van der Waals surface area contributed by atoms with Gasteiger partial charge in [0.1, 0.15) is 13.2 Å². The molecule has 0 N–H and O–H groups in total. The highest BCUT2D eigenvalue weighted by Crippen LogP contribution is 2.14. The Kier molecular flexibility index (Phi) is 49.4. The highest BCUT2D eigenvalue weighted by atomic mass is 16.6. The lowest BCUT2D eigenvalue weighted by atomic mass is 10.1. The van der Waals surface area contributed by atoms with Crippen LogP contribution in [-0.4, -0.2) is 37.2 Å². The third-order valence-electron chi connectivity index (χ3n) is 11.5. The molecule has 1 unspecified atom stereocenters. The Morgan fingerprint density at radius 2 is 0.571 bits per heavy atom. The molecule has 0 amide bonds. The van der Waals surface area contributed by atoms with Crippen molar-refractivity contribution < 1.29 is 28.6 Å². The molecule has 0 aliphatic carbocycles. The van der Waals surface area contributed by atoms with Gasteiger partial charge >= 0.3 is 17.9 Å². The van der Waals surface area contributed by atoms with Gasteiger partial charge in [0.15, 0.2) is 6.10 Å². The van der Waals surface area contributed by atoms with Crippen molar-refractivity contribution in [2.75, 3.05) is 13.2 Å². The van der Waals surface area contributed by atoms with Crippen LogP contribution in [0.3, 0.4) is 0 Å². The highest BCUT2D eigenvalue weighted by Gasteiger charge is 2.19. The van der Waals surface area contributed by atoms with Crippen LogP contribution < -0.4 is 0 Å².